The number of benzene rings is 1. The highest BCUT2D eigenvalue weighted by Crippen LogP contribution is 2.27. The fourth-order valence-corrected chi connectivity index (χ4v) is 4.18. The third-order valence-electron chi connectivity index (χ3n) is 5.81. The summed E-state index contributed by atoms with van der Waals surface area (Å²) in [5, 5.41) is 0. The van der Waals surface area contributed by atoms with E-state index < -0.39 is 0 Å². The van der Waals surface area contributed by atoms with Gasteiger partial charge in [-0.05, 0) is 49.3 Å². The second-order valence-electron chi connectivity index (χ2n) is 8.18. The summed E-state index contributed by atoms with van der Waals surface area (Å²) in [5.74, 6) is 0.892. The minimum Gasteiger partial charge on any atom is -0.378 e. The summed E-state index contributed by atoms with van der Waals surface area (Å²) >= 11 is 0. The van der Waals surface area contributed by atoms with Crippen LogP contribution >= 0.6 is 0 Å². The molecule has 0 N–H and O–H groups in total. The van der Waals surface area contributed by atoms with Gasteiger partial charge in [-0.25, -0.2) is 0 Å². The first-order valence-electron chi connectivity index (χ1n) is 10.3. The van der Waals surface area contributed by atoms with Crippen molar-refractivity contribution in [3.05, 3.63) is 29.8 Å². The van der Waals surface area contributed by atoms with E-state index in [9.17, 15) is 4.79 Å². The van der Waals surface area contributed by atoms with Gasteiger partial charge in [-0.1, -0.05) is 31.4 Å². The number of amides is 1. The van der Waals surface area contributed by atoms with Crippen LogP contribution in [0.2, 0.25) is 0 Å². The predicted octanol–water partition coefficient (Wildman–Crippen LogP) is 4.23. The second-order valence-corrected chi connectivity index (χ2v) is 8.18. The van der Waals surface area contributed by atoms with E-state index in [2.05, 4.69) is 34.1 Å². The molecule has 3 rings (SSSR count). The van der Waals surface area contributed by atoms with Gasteiger partial charge in [-0.3, -0.25) is 4.79 Å². The van der Waals surface area contributed by atoms with Gasteiger partial charge in [0.05, 0.1) is 6.10 Å². The molecule has 4 nitrogen and oxygen atoms in total. The Kier molecular flexibility index (Phi) is 6.95. The summed E-state index contributed by atoms with van der Waals surface area (Å²) < 4.78 is 5.81. The number of anilines is 1. The van der Waals surface area contributed by atoms with E-state index >= 15 is 0 Å². The van der Waals surface area contributed by atoms with E-state index in [4.69, 9.17) is 4.74 Å². The highest BCUT2D eigenvalue weighted by molar-refractivity contribution is 5.76. The number of hydrogen-bond acceptors (Lipinski definition) is 3. The molecule has 4 heteroatoms. The molecule has 1 atom stereocenters. The van der Waals surface area contributed by atoms with Crippen LogP contribution in [0.1, 0.15) is 56.9 Å². The molecule has 26 heavy (non-hydrogen) atoms. The summed E-state index contributed by atoms with van der Waals surface area (Å²) in [6, 6.07) is 8.55. The van der Waals surface area contributed by atoms with Crippen LogP contribution in [0, 0.1) is 5.92 Å². The Morgan fingerprint density at radius 3 is 2.38 bits per heavy atom. The number of carbonyl (C=O) groups excluding carboxylic acids is 1. The van der Waals surface area contributed by atoms with E-state index in [0.29, 0.717) is 24.8 Å². The first kappa shape index (κ1) is 19.2. The second kappa shape index (κ2) is 9.40. The molecular weight excluding hydrogens is 324 g/mol. The van der Waals surface area contributed by atoms with Gasteiger partial charge in [-0.15, -0.1) is 0 Å². The molecular formula is C22H34N2O2. The zero-order chi connectivity index (χ0) is 18.4. The van der Waals surface area contributed by atoms with E-state index in [1.54, 1.807) is 0 Å². The zero-order valence-corrected chi connectivity index (χ0v) is 16.5. The summed E-state index contributed by atoms with van der Waals surface area (Å²) in [4.78, 5) is 17.2. The van der Waals surface area contributed by atoms with Crippen LogP contribution in [-0.4, -0.2) is 44.2 Å². The molecule has 2 aliphatic rings. The Bertz CT molecular complexity index is 558. The quantitative estimate of drug-likeness (QED) is 0.731. The molecule has 2 fully saturated rings. The van der Waals surface area contributed by atoms with Gasteiger partial charge >= 0.3 is 0 Å². The maximum Gasteiger partial charge on any atom is 0.223 e. The van der Waals surface area contributed by atoms with Crippen molar-refractivity contribution in [1.82, 2.24) is 4.90 Å². The topological polar surface area (TPSA) is 32.8 Å². The molecule has 0 spiro atoms. The number of carbonyl (C=O) groups is 1. The molecule has 1 aromatic rings. The maximum atomic E-state index is 13.0. The van der Waals surface area contributed by atoms with Crippen molar-refractivity contribution >= 4 is 11.6 Å². The molecule has 1 heterocycles. The van der Waals surface area contributed by atoms with Crippen LogP contribution < -0.4 is 4.90 Å². The standard InChI is InChI=1S/C22H34N2O2/c1-23(2)20-12-10-19(11-13-20)16-24(17-21-9-6-14-26-21)22(25)15-18-7-4-3-5-8-18/h10-13,18,21H,3-9,14-17H2,1-2H3/t21-/m0/s1. The van der Waals surface area contributed by atoms with Crippen molar-refractivity contribution in [1.29, 1.82) is 0 Å². The minimum atomic E-state index is 0.214. The number of nitrogens with zero attached hydrogens (tertiary/aromatic N) is 2. The van der Waals surface area contributed by atoms with Gasteiger partial charge in [0, 0.05) is 45.9 Å². The fourth-order valence-electron chi connectivity index (χ4n) is 4.18. The summed E-state index contributed by atoms with van der Waals surface area (Å²) in [6.07, 6.45) is 9.47. The van der Waals surface area contributed by atoms with Gasteiger partial charge in [0.15, 0.2) is 0 Å². The van der Waals surface area contributed by atoms with Gasteiger partial charge in [0.2, 0.25) is 5.91 Å². The lowest BCUT2D eigenvalue weighted by Gasteiger charge is -2.29. The Balaban J connectivity index is 1.64. The van der Waals surface area contributed by atoms with Gasteiger partial charge in [0.1, 0.15) is 0 Å². The van der Waals surface area contributed by atoms with Crippen molar-refractivity contribution < 1.29 is 9.53 Å². The van der Waals surface area contributed by atoms with E-state index in [-0.39, 0.29) is 6.10 Å². The Morgan fingerprint density at radius 2 is 1.77 bits per heavy atom. The van der Waals surface area contributed by atoms with Crippen molar-refractivity contribution in [2.24, 2.45) is 5.92 Å². The Hall–Kier alpha value is -1.55. The Morgan fingerprint density at radius 1 is 1.04 bits per heavy atom. The zero-order valence-electron chi connectivity index (χ0n) is 16.5. The van der Waals surface area contributed by atoms with Crippen molar-refractivity contribution in [2.75, 3.05) is 32.1 Å². The largest absolute Gasteiger partial charge is 0.378 e. The molecule has 0 radical (unpaired) electrons. The van der Waals surface area contributed by atoms with Gasteiger partial charge in [-0.2, -0.15) is 0 Å². The average molecular weight is 359 g/mol. The van der Waals surface area contributed by atoms with Gasteiger partial charge in [0.25, 0.3) is 0 Å². The molecule has 1 aliphatic heterocycles. The lowest BCUT2D eigenvalue weighted by Crippen LogP contribution is -2.38. The van der Waals surface area contributed by atoms with Crippen LogP contribution in [0.3, 0.4) is 0 Å². The van der Waals surface area contributed by atoms with Crippen molar-refractivity contribution in [3.63, 3.8) is 0 Å². The molecule has 1 aliphatic carbocycles. The first-order valence-corrected chi connectivity index (χ1v) is 10.3. The smallest absolute Gasteiger partial charge is 0.223 e. The van der Waals surface area contributed by atoms with Crippen LogP contribution in [0.15, 0.2) is 24.3 Å². The Labute approximate surface area is 158 Å². The molecule has 1 saturated carbocycles. The fraction of sp³-hybridized carbons (Fsp3) is 0.682. The third kappa shape index (κ3) is 5.47. The summed E-state index contributed by atoms with van der Waals surface area (Å²) in [6.45, 7) is 2.27. The molecule has 0 bridgehead atoms. The SMILES string of the molecule is CN(C)c1ccc(CN(C[C@@H]2CCCO2)C(=O)CC2CCCCC2)cc1. The normalized spacial score (nSPS) is 20.9. The van der Waals surface area contributed by atoms with Crippen LogP contribution in [-0.2, 0) is 16.1 Å². The molecule has 1 aromatic carbocycles. The molecule has 1 amide bonds. The van der Waals surface area contributed by atoms with E-state index in [1.165, 1.54) is 43.4 Å². The maximum absolute atomic E-state index is 13.0. The minimum absolute atomic E-state index is 0.214. The van der Waals surface area contributed by atoms with Crippen LogP contribution in [0.5, 0.6) is 0 Å². The number of ether oxygens (including phenoxy) is 1. The average Bonchev–Trinajstić information content (AvgIpc) is 3.15. The molecule has 0 aromatic heterocycles. The third-order valence-corrected chi connectivity index (χ3v) is 5.81. The number of rotatable bonds is 7. The van der Waals surface area contributed by atoms with Gasteiger partial charge < -0.3 is 14.5 Å². The highest BCUT2D eigenvalue weighted by Gasteiger charge is 2.25. The summed E-state index contributed by atoms with van der Waals surface area (Å²) in [7, 11) is 4.10. The summed E-state index contributed by atoms with van der Waals surface area (Å²) in [5.41, 5.74) is 2.39. The number of hydrogen-bond donors (Lipinski definition) is 0. The molecule has 0 unspecified atom stereocenters. The highest BCUT2D eigenvalue weighted by atomic mass is 16.5. The van der Waals surface area contributed by atoms with Crippen molar-refractivity contribution in [2.45, 2.75) is 64.0 Å². The van der Waals surface area contributed by atoms with E-state index in [0.717, 1.165) is 26.0 Å². The van der Waals surface area contributed by atoms with Crippen molar-refractivity contribution in [3.8, 4) is 0 Å². The van der Waals surface area contributed by atoms with Crippen LogP contribution in [0.25, 0.3) is 0 Å². The van der Waals surface area contributed by atoms with Crippen LogP contribution in [0.4, 0.5) is 5.69 Å². The lowest BCUT2D eigenvalue weighted by atomic mass is 9.86. The monoisotopic (exact) mass is 358 g/mol. The predicted molar refractivity (Wildman–Crippen MR) is 106 cm³/mol. The molecule has 144 valence electrons. The molecule has 1 saturated heterocycles. The lowest BCUT2D eigenvalue weighted by molar-refractivity contribution is -0.134. The first-order chi connectivity index (χ1) is 12.6. The van der Waals surface area contributed by atoms with E-state index in [1.807, 2.05) is 14.1 Å².